The van der Waals surface area contributed by atoms with Crippen LogP contribution in [0, 0.1) is 0 Å². The first-order valence-electron chi connectivity index (χ1n) is 7.51. The van der Waals surface area contributed by atoms with Crippen molar-refractivity contribution in [1.29, 1.82) is 0 Å². The molecule has 0 saturated heterocycles. The predicted molar refractivity (Wildman–Crippen MR) is 84.3 cm³/mol. The normalized spacial score (nSPS) is 14.2. The third kappa shape index (κ3) is 3.13. The molecule has 0 aliphatic heterocycles. The fourth-order valence-corrected chi connectivity index (χ4v) is 2.43. The molecule has 3 rings (SSSR count). The molecule has 1 aromatic carbocycles. The SMILES string of the molecule is CC(C)c1cccnc1-c1cccc(C(=O)NC2CC2)c1. The fraction of sp³-hybridized carbons (Fsp3) is 0.333. The standard InChI is InChI=1S/C18H20N2O/c1-12(2)16-7-4-10-19-17(16)13-5-3-6-14(11-13)18(21)20-15-8-9-15/h3-7,10-12,15H,8-9H2,1-2H3,(H,20,21). The summed E-state index contributed by atoms with van der Waals surface area (Å²) in [6.45, 7) is 4.31. The summed E-state index contributed by atoms with van der Waals surface area (Å²) in [5, 5.41) is 3.03. The lowest BCUT2D eigenvalue weighted by Gasteiger charge is -2.12. The molecule has 1 aliphatic carbocycles. The number of carbonyl (C=O) groups excluding carboxylic acids is 1. The maximum absolute atomic E-state index is 12.2. The first-order valence-corrected chi connectivity index (χ1v) is 7.51. The number of rotatable bonds is 4. The van der Waals surface area contributed by atoms with Gasteiger partial charge in [-0.05, 0) is 42.5 Å². The number of aromatic nitrogens is 1. The van der Waals surface area contributed by atoms with E-state index in [4.69, 9.17) is 0 Å². The van der Waals surface area contributed by atoms with Gasteiger partial charge in [0.2, 0.25) is 0 Å². The first kappa shape index (κ1) is 13.8. The summed E-state index contributed by atoms with van der Waals surface area (Å²) < 4.78 is 0. The molecule has 2 aromatic rings. The Balaban J connectivity index is 1.94. The average Bonchev–Trinajstić information content (AvgIpc) is 3.31. The van der Waals surface area contributed by atoms with Crippen molar-refractivity contribution < 1.29 is 4.79 Å². The minimum absolute atomic E-state index is 0.0152. The van der Waals surface area contributed by atoms with Crippen molar-refractivity contribution >= 4 is 5.91 Å². The largest absolute Gasteiger partial charge is 0.349 e. The van der Waals surface area contributed by atoms with Crippen molar-refractivity contribution in [2.24, 2.45) is 0 Å². The molecule has 0 bridgehead atoms. The second-order valence-corrected chi connectivity index (χ2v) is 5.92. The quantitative estimate of drug-likeness (QED) is 0.926. The summed E-state index contributed by atoms with van der Waals surface area (Å²) in [7, 11) is 0. The highest BCUT2D eigenvalue weighted by Gasteiger charge is 2.24. The van der Waals surface area contributed by atoms with E-state index in [-0.39, 0.29) is 5.91 Å². The molecule has 1 fully saturated rings. The number of nitrogens with one attached hydrogen (secondary N) is 1. The summed E-state index contributed by atoms with van der Waals surface area (Å²) in [5.41, 5.74) is 3.88. The number of nitrogens with zero attached hydrogens (tertiary/aromatic N) is 1. The number of pyridine rings is 1. The van der Waals surface area contributed by atoms with Gasteiger partial charge < -0.3 is 5.32 Å². The lowest BCUT2D eigenvalue weighted by Crippen LogP contribution is -2.25. The van der Waals surface area contributed by atoms with Gasteiger partial charge in [-0.2, -0.15) is 0 Å². The molecule has 0 spiro atoms. The van der Waals surface area contributed by atoms with Crippen LogP contribution < -0.4 is 5.32 Å². The molecule has 1 saturated carbocycles. The summed E-state index contributed by atoms with van der Waals surface area (Å²) in [6, 6.07) is 12.2. The van der Waals surface area contributed by atoms with Gasteiger partial charge in [0.15, 0.2) is 0 Å². The number of hydrogen-bond donors (Lipinski definition) is 1. The Kier molecular flexibility index (Phi) is 3.74. The van der Waals surface area contributed by atoms with Crippen LogP contribution in [0.15, 0.2) is 42.6 Å². The third-order valence-corrected chi connectivity index (χ3v) is 3.77. The van der Waals surface area contributed by atoms with Crippen molar-refractivity contribution in [2.75, 3.05) is 0 Å². The molecule has 21 heavy (non-hydrogen) atoms. The Morgan fingerprint density at radius 3 is 2.76 bits per heavy atom. The molecule has 0 atom stereocenters. The number of amides is 1. The zero-order chi connectivity index (χ0) is 14.8. The van der Waals surface area contributed by atoms with Crippen LogP contribution >= 0.6 is 0 Å². The average molecular weight is 280 g/mol. The first-order chi connectivity index (χ1) is 10.1. The summed E-state index contributed by atoms with van der Waals surface area (Å²) in [5.74, 6) is 0.416. The highest BCUT2D eigenvalue weighted by Crippen LogP contribution is 2.27. The zero-order valence-electron chi connectivity index (χ0n) is 12.5. The van der Waals surface area contributed by atoms with Crippen LogP contribution in [-0.2, 0) is 0 Å². The van der Waals surface area contributed by atoms with Crippen LogP contribution in [0.4, 0.5) is 0 Å². The van der Waals surface area contributed by atoms with Crippen molar-refractivity contribution in [3.05, 3.63) is 53.7 Å². The molecular weight excluding hydrogens is 260 g/mol. The molecule has 1 aliphatic rings. The van der Waals surface area contributed by atoms with E-state index >= 15 is 0 Å². The molecule has 1 aromatic heterocycles. The second kappa shape index (κ2) is 5.68. The Hall–Kier alpha value is -2.16. The van der Waals surface area contributed by atoms with E-state index in [0.29, 0.717) is 17.5 Å². The van der Waals surface area contributed by atoms with Gasteiger partial charge in [-0.1, -0.05) is 32.0 Å². The van der Waals surface area contributed by atoms with Crippen LogP contribution in [0.25, 0.3) is 11.3 Å². The van der Waals surface area contributed by atoms with Crippen LogP contribution in [-0.4, -0.2) is 16.9 Å². The van der Waals surface area contributed by atoms with Gasteiger partial charge in [-0.15, -0.1) is 0 Å². The Bertz CT molecular complexity index is 660. The van der Waals surface area contributed by atoms with Gasteiger partial charge in [0.25, 0.3) is 5.91 Å². The molecule has 1 amide bonds. The Morgan fingerprint density at radius 1 is 1.24 bits per heavy atom. The van der Waals surface area contributed by atoms with E-state index in [0.717, 1.165) is 24.1 Å². The van der Waals surface area contributed by atoms with Gasteiger partial charge in [-0.3, -0.25) is 9.78 Å². The zero-order valence-corrected chi connectivity index (χ0v) is 12.5. The molecule has 3 heteroatoms. The van der Waals surface area contributed by atoms with Crippen LogP contribution in [0.1, 0.15) is 48.5 Å². The number of benzene rings is 1. The van der Waals surface area contributed by atoms with E-state index in [9.17, 15) is 4.79 Å². The van der Waals surface area contributed by atoms with E-state index in [1.165, 1.54) is 5.56 Å². The molecule has 0 unspecified atom stereocenters. The highest BCUT2D eigenvalue weighted by atomic mass is 16.1. The molecule has 1 heterocycles. The smallest absolute Gasteiger partial charge is 0.251 e. The maximum Gasteiger partial charge on any atom is 0.251 e. The second-order valence-electron chi connectivity index (χ2n) is 5.92. The van der Waals surface area contributed by atoms with Crippen molar-refractivity contribution in [2.45, 2.75) is 38.6 Å². The van der Waals surface area contributed by atoms with Gasteiger partial charge in [0, 0.05) is 23.4 Å². The summed E-state index contributed by atoms with van der Waals surface area (Å²) in [6.07, 6.45) is 4.00. The van der Waals surface area contributed by atoms with Crippen molar-refractivity contribution in [1.82, 2.24) is 10.3 Å². The van der Waals surface area contributed by atoms with E-state index < -0.39 is 0 Å². The van der Waals surface area contributed by atoms with E-state index in [1.54, 1.807) is 6.20 Å². The van der Waals surface area contributed by atoms with Crippen LogP contribution in [0.5, 0.6) is 0 Å². The predicted octanol–water partition coefficient (Wildman–Crippen LogP) is 3.76. The van der Waals surface area contributed by atoms with Gasteiger partial charge in [0.1, 0.15) is 0 Å². The van der Waals surface area contributed by atoms with Crippen LogP contribution in [0.3, 0.4) is 0 Å². The van der Waals surface area contributed by atoms with Crippen molar-refractivity contribution in [3.8, 4) is 11.3 Å². The van der Waals surface area contributed by atoms with E-state index in [1.807, 2.05) is 30.3 Å². The van der Waals surface area contributed by atoms with Crippen molar-refractivity contribution in [3.63, 3.8) is 0 Å². The fourth-order valence-electron chi connectivity index (χ4n) is 2.43. The van der Waals surface area contributed by atoms with Gasteiger partial charge >= 0.3 is 0 Å². The Labute approximate surface area is 125 Å². The molecule has 0 radical (unpaired) electrons. The molecule has 108 valence electrons. The monoisotopic (exact) mass is 280 g/mol. The highest BCUT2D eigenvalue weighted by molar-refractivity contribution is 5.95. The van der Waals surface area contributed by atoms with Gasteiger partial charge in [0.05, 0.1) is 5.69 Å². The number of hydrogen-bond acceptors (Lipinski definition) is 2. The van der Waals surface area contributed by atoms with E-state index in [2.05, 4.69) is 30.2 Å². The molecular formula is C18H20N2O. The summed E-state index contributed by atoms with van der Waals surface area (Å²) in [4.78, 5) is 16.7. The third-order valence-electron chi connectivity index (χ3n) is 3.77. The minimum Gasteiger partial charge on any atom is -0.349 e. The Morgan fingerprint density at radius 2 is 2.05 bits per heavy atom. The lowest BCUT2D eigenvalue weighted by atomic mass is 9.96. The summed E-state index contributed by atoms with van der Waals surface area (Å²) >= 11 is 0. The molecule has 1 N–H and O–H groups in total. The maximum atomic E-state index is 12.2. The number of carbonyl (C=O) groups is 1. The lowest BCUT2D eigenvalue weighted by molar-refractivity contribution is 0.0951. The molecule has 3 nitrogen and oxygen atoms in total. The van der Waals surface area contributed by atoms with Crippen LogP contribution in [0.2, 0.25) is 0 Å². The minimum atomic E-state index is 0.0152. The van der Waals surface area contributed by atoms with Gasteiger partial charge in [-0.25, -0.2) is 0 Å². The topological polar surface area (TPSA) is 42.0 Å².